The first kappa shape index (κ1) is 14.7. The van der Waals surface area contributed by atoms with Gasteiger partial charge in [-0.1, -0.05) is 18.3 Å². The molecule has 0 amide bonds. The molecule has 1 aliphatic heterocycles. The number of hydrogen-bond acceptors (Lipinski definition) is 5. The number of aromatic amines is 1. The number of H-pyrrole nitrogens is 1. The number of sulfonamides is 1. The predicted molar refractivity (Wildman–Crippen MR) is 75.2 cm³/mol. The van der Waals surface area contributed by atoms with Gasteiger partial charge >= 0.3 is 4.87 Å². The van der Waals surface area contributed by atoms with Gasteiger partial charge in [0.25, 0.3) is 10.0 Å². The molecular weight excluding hydrogens is 286 g/mol. The molecular formula is C11H19N3O3S2. The molecule has 1 N–H and O–H groups in total. The van der Waals surface area contributed by atoms with Gasteiger partial charge < -0.3 is 9.88 Å². The summed E-state index contributed by atoms with van der Waals surface area (Å²) in [6, 6.07) is 0. The molecule has 2 rings (SSSR count). The number of piperazine rings is 1. The van der Waals surface area contributed by atoms with Gasteiger partial charge in [-0.2, -0.15) is 4.31 Å². The second kappa shape index (κ2) is 5.74. The van der Waals surface area contributed by atoms with Gasteiger partial charge in [0, 0.05) is 31.9 Å². The largest absolute Gasteiger partial charge is 0.315 e. The molecule has 6 nitrogen and oxygen atoms in total. The van der Waals surface area contributed by atoms with E-state index in [-0.39, 0.29) is 9.08 Å². The van der Waals surface area contributed by atoms with Crippen LogP contribution in [0.1, 0.15) is 19.0 Å². The fourth-order valence-electron chi connectivity index (χ4n) is 2.26. The van der Waals surface area contributed by atoms with Gasteiger partial charge in [0.2, 0.25) is 0 Å². The van der Waals surface area contributed by atoms with Crippen molar-refractivity contribution in [2.45, 2.75) is 24.5 Å². The number of aryl methyl sites for hydroxylation is 1. The van der Waals surface area contributed by atoms with Crippen LogP contribution in [0.2, 0.25) is 0 Å². The van der Waals surface area contributed by atoms with Gasteiger partial charge in [-0.25, -0.2) is 8.42 Å². The van der Waals surface area contributed by atoms with Crippen molar-refractivity contribution >= 4 is 21.4 Å². The van der Waals surface area contributed by atoms with Gasteiger partial charge in [0.1, 0.15) is 0 Å². The second-order valence-electron chi connectivity index (χ2n) is 4.67. The Morgan fingerprint density at radius 1 is 1.26 bits per heavy atom. The maximum absolute atomic E-state index is 12.4. The molecule has 19 heavy (non-hydrogen) atoms. The van der Waals surface area contributed by atoms with Crippen molar-refractivity contribution in [2.24, 2.45) is 0 Å². The van der Waals surface area contributed by atoms with E-state index in [1.165, 1.54) is 4.31 Å². The first-order valence-electron chi connectivity index (χ1n) is 6.37. The van der Waals surface area contributed by atoms with Gasteiger partial charge in [0.05, 0.1) is 0 Å². The number of rotatable bonds is 4. The zero-order valence-corrected chi connectivity index (χ0v) is 12.8. The topological polar surface area (TPSA) is 73.5 Å². The molecule has 1 aromatic rings. The Labute approximate surface area is 117 Å². The van der Waals surface area contributed by atoms with Crippen LogP contribution < -0.4 is 4.87 Å². The van der Waals surface area contributed by atoms with E-state index in [0.29, 0.717) is 18.8 Å². The molecule has 0 saturated carbocycles. The van der Waals surface area contributed by atoms with E-state index in [4.69, 9.17) is 0 Å². The summed E-state index contributed by atoms with van der Waals surface area (Å²) in [7, 11) is -3.52. The van der Waals surface area contributed by atoms with Crippen LogP contribution in [0.15, 0.2) is 9.00 Å². The molecule has 2 heterocycles. The zero-order valence-electron chi connectivity index (χ0n) is 11.2. The van der Waals surface area contributed by atoms with Gasteiger partial charge in [-0.05, 0) is 19.9 Å². The van der Waals surface area contributed by atoms with Crippen molar-refractivity contribution in [1.82, 2.24) is 14.2 Å². The predicted octanol–water partition coefficient (Wildman–Crippen LogP) is 0.461. The van der Waals surface area contributed by atoms with Crippen LogP contribution in [0.5, 0.6) is 0 Å². The summed E-state index contributed by atoms with van der Waals surface area (Å²) in [6.45, 7) is 7.24. The summed E-state index contributed by atoms with van der Waals surface area (Å²) in [4.78, 5) is 15.7. The van der Waals surface area contributed by atoms with E-state index in [9.17, 15) is 13.2 Å². The molecule has 0 aromatic carbocycles. The summed E-state index contributed by atoms with van der Waals surface area (Å²) in [5.41, 5.74) is 0.436. The molecule has 1 aromatic heterocycles. The Hall–Kier alpha value is -0.700. The summed E-state index contributed by atoms with van der Waals surface area (Å²) in [5, 5.41) is 0. The SMILES string of the molecule is CCCN1CCN(S(=O)(=O)c2sc(=O)[nH]c2C)CC1. The smallest absolute Gasteiger partial charge is 0.305 e. The van der Waals surface area contributed by atoms with Crippen molar-refractivity contribution in [2.75, 3.05) is 32.7 Å². The van der Waals surface area contributed by atoms with E-state index in [2.05, 4.69) is 16.8 Å². The van der Waals surface area contributed by atoms with Crippen molar-refractivity contribution < 1.29 is 8.42 Å². The maximum Gasteiger partial charge on any atom is 0.305 e. The highest BCUT2D eigenvalue weighted by Gasteiger charge is 2.31. The van der Waals surface area contributed by atoms with Crippen molar-refractivity contribution in [1.29, 1.82) is 0 Å². The van der Waals surface area contributed by atoms with E-state index >= 15 is 0 Å². The fourth-order valence-corrected chi connectivity index (χ4v) is 5.12. The van der Waals surface area contributed by atoms with Crippen molar-refractivity contribution in [3.8, 4) is 0 Å². The molecule has 1 aliphatic rings. The van der Waals surface area contributed by atoms with Crippen LogP contribution in [0.25, 0.3) is 0 Å². The first-order chi connectivity index (χ1) is 8.95. The fraction of sp³-hybridized carbons (Fsp3) is 0.727. The number of nitrogens with zero attached hydrogens (tertiary/aromatic N) is 2. The molecule has 0 unspecified atom stereocenters. The highest BCUT2D eigenvalue weighted by Crippen LogP contribution is 2.22. The zero-order chi connectivity index (χ0) is 14.0. The normalized spacial score (nSPS) is 18.8. The minimum Gasteiger partial charge on any atom is -0.315 e. The number of hydrogen-bond donors (Lipinski definition) is 1. The Balaban J connectivity index is 2.14. The summed E-state index contributed by atoms with van der Waals surface area (Å²) < 4.78 is 26.5. The van der Waals surface area contributed by atoms with Crippen molar-refractivity contribution in [3.63, 3.8) is 0 Å². The Morgan fingerprint density at radius 2 is 1.89 bits per heavy atom. The highest BCUT2D eigenvalue weighted by atomic mass is 32.2. The van der Waals surface area contributed by atoms with E-state index in [1.54, 1.807) is 6.92 Å². The number of thiazole rings is 1. The number of aromatic nitrogens is 1. The lowest BCUT2D eigenvalue weighted by molar-refractivity contribution is 0.189. The highest BCUT2D eigenvalue weighted by molar-refractivity contribution is 7.91. The molecule has 0 bridgehead atoms. The first-order valence-corrected chi connectivity index (χ1v) is 8.63. The third kappa shape index (κ3) is 3.07. The van der Waals surface area contributed by atoms with Gasteiger partial charge in [-0.3, -0.25) is 4.79 Å². The van der Waals surface area contributed by atoms with Crippen LogP contribution in [0.3, 0.4) is 0 Å². The van der Waals surface area contributed by atoms with E-state index in [1.807, 2.05) is 0 Å². The Kier molecular flexibility index (Phi) is 4.44. The van der Waals surface area contributed by atoms with Gasteiger partial charge in [0.15, 0.2) is 4.21 Å². The van der Waals surface area contributed by atoms with Crippen LogP contribution in [0.4, 0.5) is 0 Å². The summed E-state index contributed by atoms with van der Waals surface area (Å²) >= 11 is 0.772. The maximum atomic E-state index is 12.4. The number of nitrogens with one attached hydrogen (secondary N) is 1. The molecule has 0 spiro atoms. The third-order valence-corrected chi connectivity index (χ3v) is 6.71. The second-order valence-corrected chi connectivity index (χ2v) is 7.79. The molecule has 0 radical (unpaired) electrons. The van der Waals surface area contributed by atoms with Crippen LogP contribution >= 0.6 is 11.3 Å². The summed E-state index contributed by atoms with van der Waals surface area (Å²) in [6.07, 6.45) is 1.07. The average Bonchev–Trinajstić information content (AvgIpc) is 2.70. The molecule has 1 fully saturated rings. The molecule has 0 aliphatic carbocycles. The van der Waals surface area contributed by atoms with Crippen molar-refractivity contribution in [3.05, 3.63) is 15.4 Å². The molecule has 108 valence electrons. The lowest BCUT2D eigenvalue weighted by atomic mass is 10.3. The molecule has 8 heteroatoms. The average molecular weight is 305 g/mol. The molecule has 1 saturated heterocycles. The minimum absolute atomic E-state index is 0.154. The summed E-state index contributed by atoms with van der Waals surface area (Å²) in [5.74, 6) is 0. The van der Waals surface area contributed by atoms with Gasteiger partial charge in [-0.15, -0.1) is 0 Å². The standard InChI is InChI=1S/C11H19N3O3S2/c1-3-4-13-5-7-14(8-6-13)19(16,17)10-9(2)12-11(15)18-10/h3-8H2,1-2H3,(H,12,15). The van der Waals surface area contributed by atoms with E-state index in [0.717, 1.165) is 37.4 Å². The van der Waals surface area contributed by atoms with Crippen LogP contribution in [0, 0.1) is 6.92 Å². The minimum atomic E-state index is -3.52. The Morgan fingerprint density at radius 3 is 2.37 bits per heavy atom. The van der Waals surface area contributed by atoms with Crippen LogP contribution in [-0.4, -0.2) is 55.3 Å². The lowest BCUT2D eigenvalue weighted by Crippen LogP contribution is -2.48. The molecule has 0 atom stereocenters. The quantitative estimate of drug-likeness (QED) is 0.877. The lowest BCUT2D eigenvalue weighted by Gasteiger charge is -2.33. The van der Waals surface area contributed by atoms with Crippen LogP contribution in [-0.2, 0) is 10.0 Å². The Bertz CT molecular complexity index is 583. The monoisotopic (exact) mass is 305 g/mol. The third-order valence-electron chi connectivity index (χ3n) is 3.23. The van der Waals surface area contributed by atoms with E-state index < -0.39 is 10.0 Å².